The predicted molar refractivity (Wildman–Crippen MR) is 47.0 cm³/mol. The first-order valence-corrected chi connectivity index (χ1v) is 3.72. The lowest BCUT2D eigenvalue weighted by Crippen LogP contribution is -2.15. The summed E-state index contributed by atoms with van der Waals surface area (Å²) in [6.45, 7) is 0. The van der Waals surface area contributed by atoms with E-state index >= 15 is 0 Å². The molecule has 0 aromatic heterocycles. The fourth-order valence-electron chi connectivity index (χ4n) is 0.943. The van der Waals surface area contributed by atoms with E-state index in [-0.39, 0.29) is 12.1 Å². The fourth-order valence-corrected chi connectivity index (χ4v) is 0.943. The summed E-state index contributed by atoms with van der Waals surface area (Å²) in [5.41, 5.74) is 0.545. The molecule has 0 fully saturated rings. The van der Waals surface area contributed by atoms with Crippen molar-refractivity contribution in [1.29, 1.82) is 0 Å². The molecule has 0 unspecified atom stereocenters. The van der Waals surface area contributed by atoms with Crippen molar-refractivity contribution in [3.63, 3.8) is 0 Å². The second-order valence-electron chi connectivity index (χ2n) is 2.51. The summed E-state index contributed by atoms with van der Waals surface area (Å²) in [5, 5.41) is 19.6. The summed E-state index contributed by atoms with van der Waals surface area (Å²) in [7, 11) is 0. The molecule has 4 heteroatoms. The van der Waals surface area contributed by atoms with E-state index in [0.717, 1.165) is 5.56 Å². The van der Waals surface area contributed by atoms with Gasteiger partial charge in [-0.05, 0) is 5.56 Å². The number of carboxylic acids is 1. The second-order valence-corrected chi connectivity index (χ2v) is 2.51. The van der Waals surface area contributed by atoms with Crippen LogP contribution in [0.1, 0.15) is 5.56 Å². The zero-order valence-electron chi connectivity index (χ0n) is 6.84. The highest BCUT2D eigenvalue weighted by Crippen LogP contribution is 2.00. The third kappa shape index (κ3) is 2.59. The van der Waals surface area contributed by atoms with E-state index in [2.05, 4.69) is 5.16 Å². The van der Waals surface area contributed by atoms with Crippen LogP contribution in [-0.2, 0) is 11.2 Å². The Balaban J connectivity index is 2.74. The van der Waals surface area contributed by atoms with E-state index in [4.69, 9.17) is 10.3 Å². The third-order valence-electron chi connectivity index (χ3n) is 1.58. The Kier molecular flexibility index (Phi) is 3.03. The lowest BCUT2D eigenvalue weighted by atomic mass is 10.1. The van der Waals surface area contributed by atoms with Crippen LogP contribution in [0.3, 0.4) is 0 Å². The van der Waals surface area contributed by atoms with E-state index < -0.39 is 5.97 Å². The molecule has 0 bridgehead atoms. The van der Waals surface area contributed by atoms with Crippen molar-refractivity contribution in [1.82, 2.24) is 0 Å². The second kappa shape index (κ2) is 4.25. The smallest absolute Gasteiger partial charge is 0.354 e. The van der Waals surface area contributed by atoms with Crippen molar-refractivity contribution < 1.29 is 15.1 Å². The van der Waals surface area contributed by atoms with Gasteiger partial charge in [-0.25, -0.2) is 4.79 Å². The summed E-state index contributed by atoms with van der Waals surface area (Å²) >= 11 is 0. The van der Waals surface area contributed by atoms with Gasteiger partial charge in [0, 0.05) is 6.42 Å². The van der Waals surface area contributed by atoms with E-state index in [0.29, 0.717) is 0 Å². The molecule has 0 spiro atoms. The molecule has 68 valence electrons. The standard InChI is InChI=1S/C9H9NO3/c11-9(12)8(10-13)6-7-4-2-1-3-5-7/h1-5,13H,6H2,(H,11,12)/b10-8+. The van der Waals surface area contributed by atoms with Crippen LogP contribution in [0.5, 0.6) is 0 Å². The largest absolute Gasteiger partial charge is 0.477 e. The molecule has 0 aliphatic rings. The summed E-state index contributed by atoms with van der Waals surface area (Å²) in [5.74, 6) is -1.20. The van der Waals surface area contributed by atoms with E-state index in [9.17, 15) is 4.79 Å². The summed E-state index contributed by atoms with van der Waals surface area (Å²) in [6.07, 6.45) is 0.132. The van der Waals surface area contributed by atoms with Crippen molar-refractivity contribution >= 4 is 11.7 Å². The molecule has 1 rings (SSSR count). The summed E-state index contributed by atoms with van der Waals surface area (Å²) in [4.78, 5) is 10.4. The number of carboxylic acid groups (broad SMARTS) is 1. The summed E-state index contributed by atoms with van der Waals surface area (Å²) < 4.78 is 0. The number of aliphatic carboxylic acids is 1. The Morgan fingerprint density at radius 2 is 1.92 bits per heavy atom. The number of oxime groups is 1. The van der Waals surface area contributed by atoms with Gasteiger partial charge < -0.3 is 10.3 Å². The number of nitrogens with zero attached hydrogens (tertiary/aromatic N) is 1. The van der Waals surface area contributed by atoms with Crippen LogP contribution >= 0.6 is 0 Å². The van der Waals surface area contributed by atoms with E-state index in [1.807, 2.05) is 6.07 Å². The molecule has 0 heterocycles. The molecule has 2 N–H and O–H groups in total. The van der Waals surface area contributed by atoms with Gasteiger partial charge in [-0.3, -0.25) is 0 Å². The SMILES string of the molecule is O=C(O)/C(Cc1ccccc1)=N/O. The van der Waals surface area contributed by atoms with E-state index in [1.54, 1.807) is 24.3 Å². The van der Waals surface area contributed by atoms with Crippen molar-refractivity contribution in [2.75, 3.05) is 0 Å². The van der Waals surface area contributed by atoms with Crippen LogP contribution in [0.2, 0.25) is 0 Å². The topological polar surface area (TPSA) is 69.9 Å². The zero-order valence-corrected chi connectivity index (χ0v) is 6.84. The minimum Gasteiger partial charge on any atom is -0.477 e. The maximum Gasteiger partial charge on any atom is 0.354 e. The van der Waals surface area contributed by atoms with Gasteiger partial charge in [0.05, 0.1) is 0 Å². The highest BCUT2D eigenvalue weighted by molar-refractivity contribution is 6.35. The van der Waals surface area contributed by atoms with Crippen LogP contribution in [0, 0.1) is 0 Å². The number of hydrogen-bond donors (Lipinski definition) is 2. The molecular formula is C9H9NO3. The molecule has 4 nitrogen and oxygen atoms in total. The highest BCUT2D eigenvalue weighted by Gasteiger charge is 2.09. The Morgan fingerprint density at radius 1 is 1.31 bits per heavy atom. The van der Waals surface area contributed by atoms with Gasteiger partial charge in [0.25, 0.3) is 0 Å². The van der Waals surface area contributed by atoms with Crippen molar-refractivity contribution in [2.24, 2.45) is 5.16 Å². The monoisotopic (exact) mass is 179 g/mol. The Bertz CT molecular complexity index is 319. The zero-order chi connectivity index (χ0) is 9.68. The van der Waals surface area contributed by atoms with Gasteiger partial charge in [-0.1, -0.05) is 35.5 Å². The Morgan fingerprint density at radius 3 is 2.38 bits per heavy atom. The first kappa shape index (κ1) is 9.25. The molecule has 0 aliphatic heterocycles. The van der Waals surface area contributed by atoms with Crippen molar-refractivity contribution in [3.05, 3.63) is 35.9 Å². The van der Waals surface area contributed by atoms with Gasteiger partial charge in [0.1, 0.15) is 0 Å². The molecule has 0 amide bonds. The highest BCUT2D eigenvalue weighted by atomic mass is 16.4. The van der Waals surface area contributed by atoms with Crippen molar-refractivity contribution in [2.45, 2.75) is 6.42 Å². The molecule has 0 radical (unpaired) electrons. The molecule has 1 aromatic rings. The molecule has 1 aromatic carbocycles. The van der Waals surface area contributed by atoms with Crippen LogP contribution in [0.15, 0.2) is 35.5 Å². The minimum atomic E-state index is -1.20. The number of benzene rings is 1. The van der Waals surface area contributed by atoms with Crippen LogP contribution in [0.25, 0.3) is 0 Å². The van der Waals surface area contributed by atoms with Gasteiger partial charge in [0.2, 0.25) is 0 Å². The first-order chi connectivity index (χ1) is 6.24. The Hall–Kier alpha value is -1.84. The first-order valence-electron chi connectivity index (χ1n) is 3.72. The van der Waals surface area contributed by atoms with Crippen LogP contribution in [0.4, 0.5) is 0 Å². The third-order valence-corrected chi connectivity index (χ3v) is 1.58. The number of carbonyl (C=O) groups is 1. The molecule has 0 saturated heterocycles. The predicted octanol–water partition coefficient (Wildman–Crippen LogP) is 1.14. The quantitative estimate of drug-likeness (QED) is 0.415. The van der Waals surface area contributed by atoms with Gasteiger partial charge in [-0.2, -0.15) is 0 Å². The van der Waals surface area contributed by atoms with Gasteiger partial charge in [-0.15, -0.1) is 0 Å². The van der Waals surface area contributed by atoms with Gasteiger partial charge >= 0.3 is 5.97 Å². The Labute approximate surface area is 75.1 Å². The average Bonchev–Trinajstić information content (AvgIpc) is 2.15. The lowest BCUT2D eigenvalue weighted by Gasteiger charge is -1.98. The molecular weight excluding hydrogens is 170 g/mol. The normalized spacial score (nSPS) is 11.2. The molecule has 0 atom stereocenters. The minimum absolute atomic E-state index is 0.132. The summed E-state index contributed by atoms with van der Waals surface area (Å²) in [6, 6.07) is 8.97. The molecule has 0 saturated carbocycles. The van der Waals surface area contributed by atoms with Crippen LogP contribution in [-0.4, -0.2) is 22.0 Å². The van der Waals surface area contributed by atoms with Crippen molar-refractivity contribution in [3.8, 4) is 0 Å². The molecule has 13 heavy (non-hydrogen) atoms. The number of hydrogen-bond acceptors (Lipinski definition) is 3. The lowest BCUT2D eigenvalue weighted by molar-refractivity contribution is -0.129. The van der Waals surface area contributed by atoms with Gasteiger partial charge in [0.15, 0.2) is 5.71 Å². The van der Waals surface area contributed by atoms with Crippen LogP contribution < -0.4 is 0 Å². The maximum absolute atomic E-state index is 10.4. The van der Waals surface area contributed by atoms with E-state index in [1.165, 1.54) is 0 Å². The molecule has 0 aliphatic carbocycles. The maximum atomic E-state index is 10.4. The number of rotatable bonds is 3. The average molecular weight is 179 g/mol. The fraction of sp³-hybridized carbons (Fsp3) is 0.111.